The Hall–Kier alpha value is -6.29. The number of hydrogen-bond donors (Lipinski definition) is 2. The molecule has 2 bridgehead atoms. The van der Waals surface area contributed by atoms with E-state index in [0.717, 1.165) is 35.1 Å². The fourth-order valence-electron chi connectivity index (χ4n) is 9.65. The van der Waals surface area contributed by atoms with E-state index in [9.17, 15) is 19.2 Å². The monoisotopic (exact) mass is 787 g/mol. The Morgan fingerprint density at radius 1 is 0.862 bits per heavy atom. The van der Waals surface area contributed by atoms with Crippen LogP contribution in [0, 0.1) is 11.7 Å². The van der Waals surface area contributed by atoms with E-state index in [1.165, 1.54) is 12.4 Å². The summed E-state index contributed by atoms with van der Waals surface area (Å²) in [4.78, 5) is 64.7. The molecule has 58 heavy (non-hydrogen) atoms. The second kappa shape index (κ2) is 14.0. The number of carbonyl (C=O) groups is 4. The zero-order chi connectivity index (χ0) is 39.8. The molecule has 4 aliphatic heterocycles. The molecule has 5 aliphatic rings. The summed E-state index contributed by atoms with van der Waals surface area (Å²) in [7, 11) is 0. The maximum absolute atomic E-state index is 16.3. The van der Waals surface area contributed by atoms with Crippen molar-refractivity contribution in [1.29, 1.82) is 0 Å². The number of nitrogens with zero attached hydrogens (tertiary/aromatic N) is 7. The number of ether oxygens (including phenoxy) is 1. The van der Waals surface area contributed by atoms with Crippen molar-refractivity contribution < 1.29 is 32.7 Å². The normalized spacial score (nSPS) is 25.8. The fourth-order valence-corrected chi connectivity index (χ4v) is 9.65. The highest BCUT2D eigenvalue weighted by atomic mass is 19.1. The van der Waals surface area contributed by atoms with Crippen LogP contribution in [0.2, 0.25) is 0 Å². The Kier molecular flexibility index (Phi) is 8.69. The van der Waals surface area contributed by atoms with Crippen LogP contribution < -0.4 is 20.7 Å². The van der Waals surface area contributed by atoms with Crippen LogP contribution in [0.1, 0.15) is 65.3 Å². The average molecular weight is 788 g/mol. The summed E-state index contributed by atoms with van der Waals surface area (Å²) in [5.41, 5.74) is 8.43. The summed E-state index contributed by atoms with van der Waals surface area (Å²) in [6, 6.07) is 17.9. The molecule has 14 nitrogen and oxygen atoms in total. The van der Waals surface area contributed by atoms with Crippen LogP contribution in [0.15, 0.2) is 73.1 Å². The summed E-state index contributed by atoms with van der Waals surface area (Å²) in [6.45, 7) is 1.89. The molecule has 296 valence electrons. The number of hydrogen-bond acceptors (Lipinski definition) is 11. The SMILES string of the molecule is Nc1ncnc2c1c(-c1ccc(Oc3ccccc3)cc1)nn2C1CCC(CN2C[C@H]3C[C@@H]2CN3c2cc3c(cc2F)C(=O)N(C2CCC(=O)NC2=O)C3=O)CC1F. The molecule has 4 fully saturated rings. The van der Waals surface area contributed by atoms with Crippen LogP contribution in [0.5, 0.6) is 11.5 Å². The Morgan fingerprint density at radius 3 is 2.34 bits per heavy atom. The average Bonchev–Trinajstić information content (AvgIpc) is 3.97. The standard InChI is InChI=1S/C42H39F2N9O5/c43-30-14-22(6-11-32(30)53-39-36(38(45)46-21-47-39)37(49-53)23-7-9-27(10-8-23)58-26-4-2-1-3-5-26)18-50-19-25-15-24(50)20-51(25)34-17-29-28(16-31(34)44)41(56)52(42(29)57)33-12-13-35(54)48-40(33)55/h1-5,7-10,16-17,21-22,24-25,30,32-33H,6,11-15,18-20H2,(H2,45,46,47)(H,48,54,55)/t22?,24-,25-,30?,32?,33?/m1/s1. The molecule has 16 heteroatoms. The molecule has 3 saturated heterocycles. The number of nitrogen functional groups attached to an aromatic ring is 1. The number of amides is 4. The molecule has 6 heterocycles. The quantitative estimate of drug-likeness (QED) is 0.202. The van der Waals surface area contributed by atoms with Gasteiger partial charge in [-0.15, -0.1) is 0 Å². The number of anilines is 2. The molecule has 3 aromatic carbocycles. The van der Waals surface area contributed by atoms with Gasteiger partial charge in [-0.25, -0.2) is 23.4 Å². The van der Waals surface area contributed by atoms with Gasteiger partial charge in [0, 0.05) is 43.7 Å². The maximum atomic E-state index is 16.3. The van der Waals surface area contributed by atoms with E-state index in [4.69, 9.17) is 15.6 Å². The second-order valence-electron chi connectivity index (χ2n) is 15.9. The lowest BCUT2D eigenvalue weighted by molar-refractivity contribution is -0.136. The topological polar surface area (TPSA) is 169 Å². The van der Waals surface area contributed by atoms with Crippen molar-refractivity contribution in [2.45, 2.75) is 68.9 Å². The van der Waals surface area contributed by atoms with Crippen molar-refractivity contribution in [3.05, 3.63) is 90.0 Å². The third-order valence-corrected chi connectivity index (χ3v) is 12.4. The number of imide groups is 2. The van der Waals surface area contributed by atoms with Crippen LogP contribution in [-0.4, -0.2) is 97.1 Å². The molecule has 0 radical (unpaired) electrons. The first-order valence-corrected chi connectivity index (χ1v) is 19.6. The van der Waals surface area contributed by atoms with E-state index in [-0.39, 0.29) is 53.5 Å². The molecule has 4 amide bonds. The van der Waals surface area contributed by atoms with Gasteiger partial charge in [0.25, 0.3) is 11.8 Å². The number of piperidine rings is 1. The number of likely N-dealkylation sites (tertiary alicyclic amines) is 1. The fraction of sp³-hybridized carbons (Fsp3) is 0.357. The number of nitrogens with one attached hydrogen (secondary N) is 1. The zero-order valence-electron chi connectivity index (χ0n) is 31.3. The Bertz CT molecular complexity index is 2500. The zero-order valence-corrected chi connectivity index (χ0v) is 31.3. The van der Waals surface area contributed by atoms with E-state index < -0.39 is 47.7 Å². The van der Waals surface area contributed by atoms with Crippen LogP contribution in [-0.2, 0) is 9.59 Å². The molecule has 0 spiro atoms. The number of carbonyl (C=O) groups excluding carboxylic acids is 4. The Labute approximate surface area is 330 Å². The van der Waals surface area contributed by atoms with Crippen molar-refractivity contribution in [3.8, 4) is 22.8 Å². The van der Waals surface area contributed by atoms with Gasteiger partial charge in [-0.05, 0) is 86.6 Å². The number of para-hydroxylation sites is 1. The summed E-state index contributed by atoms with van der Waals surface area (Å²) in [5.74, 6) is -1.44. The van der Waals surface area contributed by atoms with Crippen LogP contribution in [0.4, 0.5) is 20.3 Å². The van der Waals surface area contributed by atoms with Crippen LogP contribution in [0.3, 0.4) is 0 Å². The van der Waals surface area contributed by atoms with E-state index in [1.807, 2.05) is 59.5 Å². The van der Waals surface area contributed by atoms with Gasteiger partial charge < -0.3 is 15.4 Å². The summed E-state index contributed by atoms with van der Waals surface area (Å²) in [6.07, 6.45) is 2.71. The molecule has 4 unspecified atom stereocenters. The van der Waals surface area contributed by atoms with Crippen molar-refractivity contribution in [2.75, 3.05) is 30.3 Å². The minimum atomic E-state index is -1.18. The highest BCUT2D eigenvalue weighted by Crippen LogP contribution is 2.43. The molecule has 1 saturated carbocycles. The third kappa shape index (κ3) is 6.04. The van der Waals surface area contributed by atoms with Gasteiger partial charge in [0.2, 0.25) is 11.8 Å². The van der Waals surface area contributed by atoms with Gasteiger partial charge in [-0.1, -0.05) is 18.2 Å². The van der Waals surface area contributed by atoms with E-state index in [0.29, 0.717) is 55.0 Å². The first-order valence-electron chi connectivity index (χ1n) is 19.6. The number of aromatic nitrogens is 4. The summed E-state index contributed by atoms with van der Waals surface area (Å²) in [5, 5.41) is 7.67. The van der Waals surface area contributed by atoms with Gasteiger partial charge in [0.15, 0.2) is 5.65 Å². The maximum Gasteiger partial charge on any atom is 0.262 e. The van der Waals surface area contributed by atoms with Gasteiger partial charge in [0.1, 0.15) is 47.4 Å². The predicted octanol–water partition coefficient (Wildman–Crippen LogP) is 5.05. The van der Waals surface area contributed by atoms with Gasteiger partial charge >= 0.3 is 0 Å². The van der Waals surface area contributed by atoms with Crippen molar-refractivity contribution in [2.24, 2.45) is 5.92 Å². The number of benzene rings is 3. The minimum Gasteiger partial charge on any atom is -0.457 e. The summed E-state index contributed by atoms with van der Waals surface area (Å²) >= 11 is 0. The number of rotatable bonds is 8. The first-order chi connectivity index (χ1) is 28.1. The van der Waals surface area contributed by atoms with Crippen LogP contribution in [0.25, 0.3) is 22.3 Å². The van der Waals surface area contributed by atoms with Crippen LogP contribution >= 0.6 is 0 Å². The molecular weight excluding hydrogens is 749 g/mol. The lowest BCUT2D eigenvalue weighted by Crippen LogP contribution is -2.54. The smallest absolute Gasteiger partial charge is 0.262 e. The second-order valence-corrected chi connectivity index (χ2v) is 15.9. The molecular formula is C42H39F2N9O5. The number of fused-ring (bicyclic) bond motifs is 4. The summed E-state index contributed by atoms with van der Waals surface area (Å²) < 4.78 is 39.6. The molecule has 10 rings (SSSR count). The van der Waals surface area contributed by atoms with E-state index >= 15 is 8.78 Å². The molecule has 6 atom stereocenters. The number of piperazine rings is 1. The minimum absolute atomic E-state index is 0.000106. The predicted molar refractivity (Wildman–Crippen MR) is 207 cm³/mol. The molecule has 1 aliphatic carbocycles. The largest absolute Gasteiger partial charge is 0.457 e. The van der Waals surface area contributed by atoms with Crippen molar-refractivity contribution in [1.82, 2.24) is 34.9 Å². The highest BCUT2D eigenvalue weighted by Gasteiger charge is 2.48. The number of alkyl halides is 1. The molecule has 3 N–H and O–H groups in total. The van der Waals surface area contributed by atoms with Gasteiger partial charge in [-0.3, -0.25) is 34.3 Å². The van der Waals surface area contributed by atoms with Crippen molar-refractivity contribution >= 4 is 46.2 Å². The van der Waals surface area contributed by atoms with E-state index in [2.05, 4.69) is 20.2 Å². The molecule has 5 aromatic rings. The lowest BCUT2D eigenvalue weighted by atomic mass is 9.84. The van der Waals surface area contributed by atoms with Crippen molar-refractivity contribution in [3.63, 3.8) is 0 Å². The lowest BCUT2D eigenvalue weighted by Gasteiger charge is -2.39. The third-order valence-electron chi connectivity index (χ3n) is 12.4. The number of halogens is 2. The van der Waals surface area contributed by atoms with E-state index in [1.54, 1.807) is 4.68 Å². The first kappa shape index (κ1) is 36.1. The molecule has 2 aromatic heterocycles. The van der Waals surface area contributed by atoms with Gasteiger partial charge in [-0.2, -0.15) is 5.10 Å². The van der Waals surface area contributed by atoms with Gasteiger partial charge in [0.05, 0.1) is 28.2 Å². The Balaban J connectivity index is 0.801. The highest BCUT2D eigenvalue weighted by molar-refractivity contribution is 6.23. The number of nitrogens with two attached hydrogens (primary N) is 1. The Morgan fingerprint density at radius 2 is 1.62 bits per heavy atom.